The lowest BCUT2D eigenvalue weighted by Crippen LogP contribution is -2.44. The predicted molar refractivity (Wildman–Crippen MR) is 122 cm³/mol. The maximum Gasteiger partial charge on any atom is 0.253 e. The summed E-state index contributed by atoms with van der Waals surface area (Å²) in [6, 6.07) is 21.0. The second-order valence-corrected chi connectivity index (χ2v) is 8.80. The number of hydrogen-bond acceptors (Lipinski definition) is 3. The Morgan fingerprint density at radius 3 is 2.37 bits per heavy atom. The van der Waals surface area contributed by atoms with E-state index in [1.165, 1.54) is 16.7 Å². The number of aliphatic hydroxyl groups excluding tert-OH is 1. The van der Waals surface area contributed by atoms with Crippen molar-refractivity contribution in [1.82, 2.24) is 9.80 Å². The minimum atomic E-state index is -0.305. The van der Waals surface area contributed by atoms with Gasteiger partial charge in [-0.15, -0.1) is 0 Å². The molecule has 0 bridgehead atoms. The number of fused-ring (bicyclic) bond motifs is 1. The summed E-state index contributed by atoms with van der Waals surface area (Å²) in [5.41, 5.74) is 4.39. The molecular weight excluding hydrogens is 372 g/mol. The molecule has 3 aromatic carbocycles. The van der Waals surface area contributed by atoms with Crippen molar-refractivity contribution >= 4 is 16.7 Å². The fourth-order valence-corrected chi connectivity index (χ4v) is 4.23. The second kappa shape index (κ2) is 8.58. The molecule has 4 heteroatoms. The first-order valence-electron chi connectivity index (χ1n) is 10.7. The van der Waals surface area contributed by atoms with E-state index in [4.69, 9.17) is 0 Å². The van der Waals surface area contributed by atoms with Gasteiger partial charge in [0.25, 0.3) is 5.91 Å². The summed E-state index contributed by atoms with van der Waals surface area (Å²) in [7, 11) is 4.15. The molecule has 1 fully saturated rings. The summed E-state index contributed by atoms with van der Waals surface area (Å²) in [6.45, 7) is 4.16. The average Bonchev–Trinajstić information content (AvgIpc) is 2.74. The van der Waals surface area contributed by atoms with Crippen LogP contribution >= 0.6 is 0 Å². The molecule has 4 rings (SSSR count). The van der Waals surface area contributed by atoms with Gasteiger partial charge in [0.05, 0.1) is 6.10 Å². The molecule has 30 heavy (non-hydrogen) atoms. The highest BCUT2D eigenvalue weighted by atomic mass is 16.3. The Kier molecular flexibility index (Phi) is 5.89. The average molecular weight is 403 g/mol. The zero-order valence-corrected chi connectivity index (χ0v) is 18.0. The normalized spacial score (nSPS) is 19.4. The smallest absolute Gasteiger partial charge is 0.253 e. The molecule has 4 nitrogen and oxygen atoms in total. The third kappa shape index (κ3) is 4.40. The molecule has 0 saturated carbocycles. The maximum atomic E-state index is 12.9. The van der Waals surface area contributed by atoms with Crippen molar-refractivity contribution in [2.75, 3.05) is 27.2 Å². The van der Waals surface area contributed by atoms with Gasteiger partial charge in [0.15, 0.2) is 0 Å². The van der Waals surface area contributed by atoms with Crippen molar-refractivity contribution < 1.29 is 9.90 Å². The van der Waals surface area contributed by atoms with Crippen molar-refractivity contribution in [3.8, 4) is 11.1 Å². The molecule has 0 radical (unpaired) electrons. The van der Waals surface area contributed by atoms with Crippen LogP contribution in [0.3, 0.4) is 0 Å². The third-order valence-corrected chi connectivity index (χ3v) is 6.02. The van der Waals surface area contributed by atoms with Gasteiger partial charge >= 0.3 is 0 Å². The maximum absolute atomic E-state index is 12.9. The Hall–Kier alpha value is -2.69. The zero-order valence-electron chi connectivity index (χ0n) is 18.0. The van der Waals surface area contributed by atoms with Gasteiger partial charge in [0.2, 0.25) is 0 Å². The lowest BCUT2D eigenvalue weighted by atomic mass is 9.95. The van der Waals surface area contributed by atoms with Gasteiger partial charge in [-0.2, -0.15) is 0 Å². The van der Waals surface area contributed by atoms with Gasteiger partial charge in [0, 0.05) is 25.2 Å². The highest BCUT2D eigenvalue weighted by Crippen LogP contribution is 2.27. The summed E-state index contributed by atoms with van der Waals surface area (Å²) >= 11 is 0. The van der Waals surface area contributed by atoms with Crippen LogP contribution in [0.15, 0.2) is 60.7 Å². The molecule has 1 aliphatic rings. The van der Waals surface area contributed by atoms with E-state index in [-0.39, 0.29) is 17.9 Å². The van der Waals surface area contributed by atoms with E-state index in [0.717, 1.165) is 17.3 Å². The highest BCUT2D eigenvalue weighted by molar-refractivity contribution is 5.99. The molecule has 1 saturated heterocycles. The molecule has 0 unspecified atom stereocenters. The van der Waals surface area contributed by atoms with Crippen molar-refractivity contribution in [3.63, 3.8) is 0 Å². The molecule has 0 aromatic heterocycles. The van der Waals surface area contributed by atoms with Crippen LogP contribution in [0, 0.1) is 5.92 Å². The van der Waals surface area contributed by atoms with E-state index in [2.05, 4.69) is 61.5 Å². The summed E-state index contributed by atoms with van der Waals surface area (Å²) in [6.07, 6.45) is 0.345. The first kappa shape index (κ1) is 20.6. The molecule has 1 heterocycles. The number of aliphatic hydroxyl groups is 1. The summed E-state index contributed by atoms with van der Waals surface area (Å²) in [5, 5.41) is 12.1. The van der Waals surface area contributed by atoms with E-state index in [1.54, 1.807) is 0 Å². The van der Waals surface area contributed by atoms with Crippen molar-refractivity contribution in [2.24, 2.45) is 5.92 Å². The van der Waals surface area contributed by atoms with E-state index >= 15 is 0 Å². The summed E-state index contributed by atoms with van der Waals surface area (Å²) in [5.74, 6) is 0.172. The molecular formula is C26H30N2O2. The number of likely N-dealkylation sites (tertiary alicyclic amines) is 1. The van der Waals surface area contributed by atoms with Crippen LogP contribution < -0.4 is 0 Å². The quantitative estimate of drug-likeness (QED) is 0.703. The molecule has 1 N–H and O–H groups in total. The van der Waals surface area contributed by atoms with Crippen molar-refractivity contribution in [3.05, 3.63) is 71.8 Å². The van der Waals surface area contributed by atoms with Crippen molar-refractivity contribution in [1.29, 1.82) is 0 Å². The monoisotopic (exact) mass is 402 g/mol. The van der Waals surface area contributed by atoms with Crippen LogP contribution in [-0.4, -0.2) is 54.1 Å². The van der Waals surface area contributed by atoms with Crippen LogP contribution in [0.1, 0.15) is 29.3 Å². The Bertz CT molecular complexity index is 1040. The molecule has 1 aliphatic heterocycles. The molecule has 156 valence electrons. The zero-order chi connectivity index (χ0) is 21.3. The van der Waals surface area contributed by atoms with E-state index < -0.39 is 0 Å². The van der Waals surface area contributed by atoms with E-state index in [0.29, 0.717) is 25.1 Å². The highest BCUT2D eigenvalue weighted by Gasteiger charge is 2.27. The molecule has 0 aliphatic carbocycles. The van der Waals surface area contributed by atoms with Gasteiger partial charge in [-0.3, -0.25) is 4.79 Å². The first-order valence-corrected chi connectivity index (χ1v) is 10.7. The van der Waals surface area contributed by atoms with Crippen LogP contribution in [0.25, 0.3) is 21.9 Å². The minimum Gasteiger partial charge on any atom is -0.393 e. The van der Waals surface area contributed by atoms with Gasteiger partial charge in [0.1, 0.15) is 0 Å². The Labute approximate surface area is 178 Å². The summed E-state index contributed by atoms with van der Waals surface area (Å²) in [4.78, 5) is 17.0. The van der Waals surface area contributed by atoms with E-state index in [1.807, 2.05) is 30.0 Å². The number of rotatable bonds is 4. The van der Waals surface area contributed by atoms with Gasteiger partial charge in [-0.1, -0.05) is 49.4 Å². The largest absolute Gasteiger partial charge is 0.393 e. The SMILES string of the molecule is C[C@H]1CN(C(=O)c2ccc3cc(-c4ccc(CN(C)C)cc4)ccc3c2)CC[C@H]1O. The lowest BCUT2D eigenvalue weighted by Gasteiger charge is -2.34. The van der Waals surface area contributed by atoms with Crippen LogP contribution in [-0.2, 0) is 6.54 Å². The first-order chi connectivity index (χ1) is 14.4. The number of hydrogen-bond donors (Lipinski definition) is 1. The van der Waals surface area contributed by atoms with Crippen molar-refractivity contribution in [2.45, 2.75) is 26.0 Å². The van der Waals surface area contributed by atoms with E-state index in [9.17, 15) is 9.90 Å². The number of nitrogens with zero attached hydrogens (tertiary/aromatic N) is 2. The number of benzene rings is 3. The standard InChI is InChI=1S/C26H30N2O2/c1-18-16-28(13-12-25(18)29)26(30)24-11-10-22-14-21(8-9-23(22)15-24)20-6-4-19(5-7-20)17-27(2)3/h4-11,14-15,18,25,29H,12-13,16-17H2,1-3H3/t18-,25+/m0/s1. The van der Waals surface area contributed by atoms with Gasteiger partial charge in [-0.25, -0.2) is 0 Å². The predicted octanol–water partition coefficient (Wildman–Crippen LogP) is 4.41. The molecule has 1 amide bonds. The second-order valence-electron chi connectivity index (χ2n) is 8.80. The Morgan fingerprint density at radius 1 is 1.00 bits per heavy atom. The van der Waals surface area contributed by atoms with Crippen LogP contribution in [0.2, 0.25) is 0 Å². The number of carbonyl (C=O) groups is 1. The lowest BCUT2D eigenvalue weighted by molar-refractivity contribution is 0.0297. The Morgan fingerprint density at radius 2 is 1.67 bits per heavy atom. The summed E-state index contributed by atoms with van der Waals surface area (Å²) < 4.78 is 0. The number of carbonyl (C=O) groups excluding carboxylic acids is 1. The number of piperidine rings is 1. The Balaban J connectivity index is 1.54. The fraction of sp³-hybridized carbons (Fsp3) is 0.346. The van der Waals surface area contributed by atoms with Crippen LogP contribution in [0.5, 0.6) is 0 Å². The van der Waals surface area contributed by atoms with Gasteiger partial charge in [-0.05, 0) is 72.1 Å². The minimum absolute atomic E-state index is 0.0520. The number of amides is 1. The molecule has 2 atom stereocenters. The fourth-order valence-electron chi connectivity index (χ4n) is 4.23. The molecule has 0 spiro atoms. The topological polar surface area (TPSA) is 43.8 Å². The third-order valence-electron chi connectivity index (χ3n) is 6.02. The molecule has 3 aromatic rings. The van der Waals surface area contributed by atoms with Crippen LogP contribution in [0.4, 0.5) is 0 Å². The van der Waals surface area contributed by atoms with Gasteiger partial charge < -0.3 is 14.9 Å².